The summed E-state index contributed by atoms with van der Waals surface area (Å²) in [5.41, 5.74) is 0.659. The number of aromatic hydroxyl groups is 1. The third-order valence-electron chi connectivity index (χ3n) is 7.04. The third kappa shape index (κ3) is 7.78. The predicted molar refractivity (Wildman–Crippen MR) is 154 cm³/mol. The van der Waals surface area contributed by atoms with Crippen LogP contribution in [-0.2, 0) is 31.7 Å². The Morgan fingerprint density at radius 3 is 2.56 bits per heavy atom. The Morgan fingerprint density at radius 2 is 1.91 bits per heavy atom. The lowest BCUT2D eigenvalue weighted by Gasteiger charge is -2.26. The molecule has 2 amide bonds. The van der Waals surface area contributed by atoms with Crippen LogP contribution in [0, 0.1) is 5.82 Å². The first-order valence-electron chi connectivity index (χ1n) is 13.8. The van der Waals surface area contributed by atoms with Crippen molar-refractivity contribution in [2.45, 2.75) is 39.2 Å². The number of carbonyl (C=O) groups excluding carboxylic acids is 3. The molecule has 11 nitrogen and oxygen atoms in total. The second-order valence-corrected chi connectivity index (χ2v) is 12.7. The third-order valence-corrected chi connectivity index (χ3v) is 9.15. The largest absolute Gasteiger partial charge is 0.505 e. The number of carbonyl (C=O) groups is 3. The molecule has 4 rings (SSSR count). The average molecular weight is 655 g/mol. The number of aromatic nitrogens is 1. The number of phenols is 1. The van der Waals surface area contributed by atoms with Crippen molar-refractivity contribution in [1.29, 1.82) is 0 Å². The van der Waals surface area contributed by atoms with Gasteiger partial charge in [-0.3, -0.25) is 23.9 Å². The first-order chi connectivity index (χ1) is 21.1. The van der Waals surface area contributed by atoms with E-state index < -0.39 is 61.9 Å². The molecule has 0 saturated carbocycles. The van der Waals surface area contributed by atoms with E-state index in [1.54, 1.807) is 0 Å². The summed E-state index contributed by atoms with van der Waals surface area (Å²) >= 11 is 0. The highest BCUT2D eigenvalue weighted by Crippen LogP contribution is 2.45. The number of rotatable bonds is 12. The van der Waals surface area contributed by atoms with Gasteiger partial charge in [0.05, 0.1) is 23.9 Å². The number of hydrogen-bond acceptors (Lipinski definition) is 8. The fourth-order valence-electron chi connectivity index (χ4n) is 4.87. The molecule has 0 fully saturated rings. The number of ether oxygens (including phenoxy) is 1. The highest BCUT2D eigenvalue weighted by Gasteiger charge is 2.39. The standard InChI is InChI=1S/C29H31F4N4O7P/c1-4-43-28(41)17(2)35-45(42,44-16-29(31,32)33)13-12-36(3)26(39)22-20-6-5-11-34-24(20)25(38)23-21(22)15-37(27(23)40)14-18-7-9-19(30)10-8-18/h5-11,17,38H,4,12-16H2,1-3H3,(H,35,42)/t17-,45?/m0/s1. The van der Waals surface area contributed by atoms with Crippen LogP contribution in [0.4, 0.5) is 17.6 Å². The van der Waals surface area contributed by atoms with E-state index in [1.165, 1.54) is 68.4 Å². The maximum Gasteiger partial charge on any atom is 0.412 e. The number of hydrogen-bond donors (Lipinski definition) is 2. The molecule has 2 aromatic carbocycles. The Hall–Kier alpha value is -4.07. The summed E-state index contributed by atoms with van der Waals surface area (Å²) in [5.74, 6) is -3.01. The van der Waals surface area contributed by atoms with Crippen molar-refractivity contribution >= 4 is 36.2 Å². The van der Waals surface area contributed by atoms with E-state index in [1.807, 2.05) is 0 Å². The predicted octanol–water partition coefficient (Wildman–Crippen LogP) is 4.62. The molecule has 0 aliphatic carbocycles. The Bertz CT molecular complexity index is 1650. The lowest BCUT2D eigenvalue weighted by molar-refractivity contribution is -0.153. The SMILES string of the molecule is CCOC(=O)[C@H](C)NP(=O)(CCN(C)C(=O)c1c2c(c(O)c3ncccc13)C(=O)N(Cc1ccc(F)cc1)C2)OCC(F)(F)F. The van der Waals surface area contributed by atoms with Crippen molar-refractivity contribution in [1.82, 2.24) is 19.9 Å². The second-order valence-electron chi connectivity index (χ2n) is 10.4. The molecule has 2 N–H and O–H groups in total. The van der Waals surface area contributed by atoms with Gasteiger partial charge in [0.2, 0.25) is 0 Å². The minimum atomic E-state index is -4.82. The smallest absolute Gasteiger partial charge is 0.412 e. The number of fused-ring (bicyclic) bond motifs is 2. The van der Waals surface area contributed by atoms with Crippen LogP contribution in [0.2, 0.25) is 0 Å². The molecule has 2 heterocycles. The van der Waals surface area contributed by atoms with E-state index in [0.717, 1.165) is 4.90 Å². The zero-order valence-electron chi connectivity index (χ0n) is 24.6. The number of halogens is 4. The summed E-state index contributed by atoms with van der Waals surface area (Å²) < 4.78 is 75.4. The molecule has 45 heavy (non-hydrogen) atoms. The number of phenolic OH excluding ortho intramolecular Hbond substituents is 1. The first kappa shape index (κ1) is 33.8. The normalized spacial score (nSPS) is 15.1. The summed E-state index contributed by atoms with van der Waals surface area (Å²) in [5, 5.41) is 13.6. The van der Waals surface area contributed by atoms with Crippen LogP contribution in [0.1, 0.15) is 45.7 Å². The summed E-state index contributed by atoms with van der Waals surface area (Å²) in [6.07, 6.45) is -4.06. The van der Waals surface area contributed by atoms with Crippen LogP contribution in [0.25, 0.3) is 10.9 Å². The summed E-state index contributed by atoms with van der Waals surface area (Å²) in [6, 6.07) is 7.25. The molecule has 0 bridgehead atoms. The fourth-order valence-corrected chi connectivity index (χ4v) is 6.82. The van der Waals surface area contributed by atoms with Crippen LogP contribution in [-0.4, -0.2) is 82.9 Å². The van der Waals surface area contributed by atoms with Crippen molar-refractivity contribution in [2.24, 2.45) is 0 Å². The van der Waals surface area contributed by atoms with E-state index in [4.69, 9.17) is 9.26 Å². The molecule has 16 heteroatoms. The topological polar surface area (TPSA) is 138 Å². The molecule has 1 aliphatic heterocycles. The number of nitrogens with zero attached hydrogens (tertiary/aromatic N) is 3. The molecule has 1 unspecified atom stereocenters. The highest BCUT2D eigenvalue weighted by molar-refractivity contribution is 7.57. The monoisotopic (exact) mass is 654 g/mol. The van der Waals surface area contributed by atoms with E-state index in [2.05, 4.69) is 10.1 Å². The van der Waals surface area contributed by atoms with E-state index >= 15 is 0 Å². The Morgan fingerprint density at radius 1 is 1.22 bits per heavy atom. The van der Waals surface area contributed by atoms with Crippen molar-refractivity contribution in [2.75, 3.05) is 33.0 Å². The Kier molecular flexibility index (Phi) is 10.2. The molecule has 1 aliphatic rings. The van der Waals surface area contributed by atoms with Crippen LogP contribution >= 0.6 is 7.52 Å². The van der Waals surface area contributed by atoms with Gasteiger partial charge in [-0.05, 0) is 37.6 Å². The van der Waals surface area contributed by atoms with Crippen molar-refractivity contribution < 1.29 is 50.9 Å². The first-order valence-corrected chi connectivity index (χ1v) is 15.6. The summed E-state index contributed by atoms with van der Waals surface area (Å²) in [6.45, 7) is 0.470. The van der Waals surface area contributed by atoms with E-state index in [0.29, 0.717) is 5.56 Å². The van der Waals surface area contributed by atoms with Gasteiger partial charge in [-0.1, -0.05) is 18.2 Å². The van der Waals surface area contributed by atoms with Crippen LogP contribution in [0.15, 0.2) is 42.6 Å². The molecule has 0 saturated heterocycles. The van der Waals surface area contributed by atoms with Gasteiger partial charge in [0, 0.05) is 43.8 Å². The van der Waals surface area contributed by atoms with Gasteiger partial charge in [-0.2, -0.15) is 13.2 Å². The lowest BCUT2D eigenvalue weighted by Crippen LogP contribution is -2.37. The second kappa shape index (κ2) is 13.5. The number of nitrogens with one attached hydrogen (secondary N) is 1. The minimum absolute atomic E-state index is 0.0145. The minimum Gasteiger partial charge on any atom is -0.505 e. The molecule has 3 aromatic rings. The van der Waals surface area contributed by atoms with Gasteiger partial charge in [-0.15, -0.1) is 0 Å². The number of esters is 1. The highest BCUT2D eigenvalue weighted by atomic mass is 31.2. The van der Waals surface area contributed by atoms with Gasteiger partial charge < -0.3 is 24.2 Å². The fraction of sp³-hybridized carbons (Fsp3) is 0.379. The van der Waals surface area contributed by atoms with Crippen molar-refractivity contribution in [3.05, 3.63) is 70.7 Å². The van der Waals surface area contributed by atoms with Gasteiger partial charge in [0.1, 0.15) is 17.4 Å². The van der Waals surface area contributed by atoms with Crippen LogP contribution < -0.4 is 5.09 Å². The zero-order chi connectivity index (χ0) is 33.1. The van der Waals surface area contributed by atoms with Crippen molar-refractivity contribution in [3.8, 4) is 5.75 Å². The molecular formula is C29H31F4N4O7P. The molecule has 0 spiro atoms. The lowest BCUT2D eigenvalue weighted by atomic mass is 9.95. The Balaban J connectivity index is 1.63. The van der Waals surface area contributed by atoms with Crippen molar-refractivity contribution in [3.63, 3.8) is 0 Å². The number of benzene rings is 2. The van der Waals surface area contributed by atoms with Gasteiger partial charge >= 0.3 is 12.1 Å². The number of alkyl halides is 3. The van der Waals surface area contributed by atoms with E-state index in [-0.39, 0.29) is 53.8 Å². The van der Waals surface area contributed by atoms with E-state index in [9.17, 15) is 41.6 Å². The zero-order valence-corrected chi connectivity index (χ0v) is 25.5. The molecule has 2 atom stereocenters. The molecule has 0 radical (unpaired) electrons. The maximum absolute atomic E-state index is 13.9. The summed E-state index contributed by atoms with van der Waals surface area (Å²) in [4.78, 5) is 46.1. The maximum atomic E-state index is 13.9. The van der Waals surface area contributed by atoms with Gasteiger partial charge in [0.25, 0.3) is 19.3 Å². The summed E-state index contributed by atoms with van der Waals surface area (Å²) in [7, 11) is -3.06. The van der Waals surface area contributed by atoms with Crippen LogP contribution in [0.3, 0.4) is 0 Å². The van der Waals surface area contributed by atoms with Gasteiger partial charge in [0.15, 0.2) is 12.4 Å². The Labute approximate surface area is 255 Å². The average Bonchev–Trinajstić information content (AvgIpc) is 3.31. The number of amides is 2. The number of pyridine rings is 1. The molecule has 1 aromatic heterocycles. The quantitative estimate of drug-likeness (QED) is 0.163. The van der Waals surface area contributed by atoms with Crippen LogP contribution in [0.5, 0.6) is 5.75 Å². The molecular weight excluding hydrogens is 623 g/mol. The molecule has 242 valence electrons. The van der Waals surface area contributed by atoms with Gasteiger partial charge in [-0.25, -0.2) is 9.48 Å².